The first-order chi connectivity index (χ1) is 13.6. The Kier molecular flexibility index (Phi) is 5.99. The molecule has 1 amide bonds. The van der Waals surface area contributed by atoms with Crippen LogP contribution in [-0.4, -0.2) is 49.9 Å². The van der Waals surface area contributed by atoms with E-state index in [1.165, 1.54) is 49.4 Å². The molecule has 2 aliphatic rings. The summed E-state index contributed by atoms with van der Waals surface area (Å²) in [6, 6.07) is 8.28. The van der Waals surface area contributed by atoms with E-state index in [1.54, 1.807) is 4.68 Å². The van der Waals surface area contributed by atoms with Crippen LogP contribution in [-0.2, 0) is 4.79 Å². The van der Waals surface area contributed by atoms with Gasteiger partial charge in [-0.05, 0) is 58.7 Å². The molecule has 2 aromatic rings. The number of aromatic nitrogens is 4. The fourth-order valence-corrected chi connectivity index (χ4v) is 5.27. The molecule has 28 heavy (non-hydrogen) atoms. The summed E-state index contributed by atoms with van der Waals surface area (Å²) >= 11 is 1.43. The van der Waals surface area contributed by atoms with Gasteiger partial charge in [0.05, 0.1) is 11.4 Å². The number of amides is 1. The van der Waals surface area contributed by atoms with Gasteiger partial charge >= 0.3 is 0 Å². The Hall–Kier alpha value is -1.89. The highest BCUT2D eigenvalue weighted by Crippen LogP contribution is 2.36. The number of likely N-dealkylation sites (tertiary alicyclic amines) is 1. The lowest BCUT2D eigenvalue weighted by Crippen LogP contribution is -2.45. The number of fused-ring (bicyclic) bond motifs is 1. The molecule has 0 spiro atoms. The largest absolute Gasteiger partial charge is 0.342 e. The van der Waals surface area contributed by atoms with Crippen LogP contribution in [0.15, 0.2) is 29.4 Å². The minimum Gasteiger partial charge on any atom is -0.342 e. The molecule has 0 unspecified atom stereocenters. The van der Waals surface area contributed by atoms with Crippen LogP contribution in [0.25, 0.3) is 5.69 Å². The predicted octanol–water partition coefficient (Wildman–Crippen LogP) is 3.92. The van der Waals surface area contributed by atoms with Gasteiger partial charge in [-0.15, -0.1) is 5.10 Å². The van der Waals surface area contributed by atoms with Crippen LogP contribution in [0, 0.1) is 11.8 Å². The normalized spacial score (nSPS) is 22.3. The molecule has 0 radical (unpaired) electrons. The van der Waals surface area contributed by atoms with Crippen molar-refractivity contribution in [1.82, 2.24) is 25.1 Å². The molecule has 1 aliphatic heterocycles. The van der Waals surface area contributed by atoms with E-state index in [4.69, 9.17) is 0 Å². The number of piperidine rings is 1. The van der Waals surface area contributed by atoms with Gasteiger partial charge in [0, 0.05) is 13.1 Å². The van der Waals surface area contributed by atoms with Gasteiger partial charge in [-0.3, -0.25) is 4.79 Å². The van der Waals surface area contributed by atoms with Gasteiger partial charge in [-0.2, -0.15) is 4.68 Å². The van der Waals surface area contributed by atoms with Crippen LogP contribution in [0.2, 0.25) is 0 Å². The Labute approximate surface area is 171 Å². The van der Waals surface area contributed by atoms with Crippen molar-refractivity contribution >= 4 is 17.7 Å². The number of hydrogen-bond acceptors (Lipinski definition) is 5. The summed E-state index contributed by atoms with van der Waals surface area (Å²) in [6.45, 7) is 6.19. The van der Waals surface area contributed by atoms with Crippen molar-refractivity contribution in [1.29, 1.82) is 0 Å². The summed E-state index contributed by atoms with van der Waals surface area (Å²) in [6.07, 6.45) is 6.49. The highest BCUT2D eigenvalue weighted by Gasteiger charge is 2.32. The molecule has 1 aliphatic carbocycles. The minimum atomic E-state index is 0.207. The van der Waals surface area contributed by atoms with E-state index in [0.29, 0.717) is 22.7 Å². The Morgan fingerprint density at radius 2 is 1.89 bits per heavy atom. The topological polar surface area (TPSA) is 63.9 Å². The van der Waals surface area contributed by atoms with Crippen molar-refractivity contribution in [3.8, 4) is 5.69 Å². The smallest absolute Gasteiger partial charge is 0.233 e. The SMILES string of the molecule is CC(C)c1ccc(-n2nnnc2SCC(=O)N2CC[C@H]3CCCC[C@@H]3C2)cc1. The maximum absolute atomic E-state index is 12.8. The van der Waals surface area contributed by atoms with Crippen molar-refractivity contribution in [2.24, 2.45) is 11.8 Å². The summed E-state index contributed by atoms with van der Waals surface area (Å²) in [7, 11) is 0. The Morgan fingerprint density at radius 3 is 2.64 bits per heavy atom. The van der Waals surface area contributed by atoms with E-state index in [0.717, 1.165) is 24.7 Å². The third-order valence-electron chi connectivity index (χ3n) is 6.21. The number of nitrogens with zero attached hydrogens (tertiary/aromatic N) is 5. The molecular weight excluding hydrogens is 370 g/mol. The monoisotopic (exact) mass is 399 g/mol. The number of thioether (sulfide) groups is 1. The van der Waals surface area contributed by atoms with Crippen molar-refractivity contribution < 1.29 is 4.79 Å². The van der Waals surface area contributed by atoms with Crippen LogP contribution in [0.3, 0.4) is 0 Å². The van der Waals surface area contributed by atoms with Crippen molar-refractivity contribution in [3.63, 3.8) is 0 Å². The number of benzene rings is 1. The number of carbonyl (C=O) groups is 1. The van der Waals surface area contributed by atoms with Crippen molar-refractivity contribution in [3.05, 3.63) is 29.8 Å². The predicted molar refractivity (Wildman–Crippen MR) is 111 cm³/mol. The van der Waals surface area contributed by atoms with E-state index >= 15 is 0 Å². The average Bonchev–Trinajstić information content (AvgIpc) is 3.20. The van der Waals surface area contributed by atoms with E-state index in [9.17, 15) is 4.79 Å². The maximum atomic E-state index is 12.8. The molecule has 1 aromatic carbocycles. The molecule has 2 fully saturated rings. The first-order valence-corrected chi connectivity index (χ1v) is 11.4. The van der Waals surface area contributed by atoms with Gasteiger partial charge in [-0.25, -0.2) is 0 Å². The summed E-state index contributed by atoms with van der Waals surface area (Å²) < 4.78 is 1.72. The van der Waals surface area contributed by atoms with E-state index < -0.39 is 0 Å². The standard InChI is InChI=1S/C21H29N5OS/c1-15(2)16-7-9-19(10-8-16)26-21(22-23-24-26)28-14-20(27)25-12-11-17-5-3-4-6-18(17)13-25/h7-10,15,17-18H,3-6,11-14H2,1-2H3/t17-,18-/m1/s1. The first kappa shape index (κ1) is 19.4. The highest BCUT2D eigenvalue weighted by atomic mass is 32.2. The molecule has 1 saturated heterocycles. The molecule has 1 saturated carbocycles. The van der Waals surface area contributed by atoms with Crippen molar-refractivity contribution in [2.45, 2.75) is 57.0 Å². The molecule has 0 N–H and O–H groups in total. The van der Waals surface area contributed by atoms with E-state index in [1.807, 2.05) is 12.1 Å². The molecular formula is C21H29N5OS. The lowest BCUT2D eigenvalue weighted by Gasteiger charge is -2.41. The third kappa shape index (κ3) is 4.24. The second-order valence-electron chi connectivity index (χ2n) is 8.34. The van der Waals surface area contributed by atoms with Gasteiger partial charge in [0.1, 0.15) is 0 Å². The second-order valence-corrected chi connectivity index (χ2v) is 9.28. The van der Waals surface area contributed by atoms with Crippen LogP contribution < -0.4 is 0 Å². The highest BCUT2D eigenvalue weighted by molar-refractivity contribution is 7.99. The number of carbonyl (C=O) groups excluding carboxylic acids is 1. The van der Waals surface area contributed by atoms with E-state index in [2.05, 4.69) is 46.4 Å². The number of hydrogen-bond donors (Lipinski definition) is 0. The van der Waals surface area contributed by atoms with Crippen LogP contribution >= 0.6 is 11.8 Å². The number of tetrazole rings is 1. The second kappa shape index (κ2) is 8.64. The molecule has 150 valence electrons. The minimum absolute atomic E-state index is 0.207. The fraction of sp³-hybridized carbons (Fsp3) is 0.619. The first-order valence-electron chi connectivity index (χ1n) is 10.4. The molecule has 0 bridgehead atoms. The quantitative estimate of drug-likeness (QED) is 0.713. The Morgan fingerprint density at radius 1 is 1.14 bits per heavy atom. The lowest BCUT2D eigenvalue weighted by molar-refractivity contribution is -0.131. The molecule has 2 atom stereocenters. The summed E-state index contributed by atoms with van der Waals surface area (Å²) in [4.78, 5) is 14.8. The van der Waals surface area contributed by atoms with E-state index in [-0.39, 0.29) is 5.91 Å². The van der Waals surface area contributed by atoms with Crippen LogP contribution in [0.5, 0.6) is 0 Å². The summed E-state index contributed by atoms with van der Waals surface area (Å²) in [5.41, 5.74) is 2.21. The zero-order valence-electron chi connectivity index (χ0n) is 16.8. The van der Waals surface area contributed by atoms with Gasteiger partial charge in [0.15, 0.2) is 0 Å². The third-order valence-corrected chi connectivity index (χ3v) is 7.12. The van der Waals surface area contributed by atoms with Crippen LogP contribution in [0.4, 0.5) is 0 Å². The van der Waals surface area contributed by atoms with Gasteiger partial charge < -0.3 is 4.90 Å². The maximum Gasteiger partial charge on any atom is 0.233 e. The summed E-state index contributed by atoms with van der Waals surface area (Å²) in [5.74, 6) is 2.64. The molecule has 7 heteroatoms. The lowest BCUT2D eigenvalue weighted by atomic mass is 9.75. The fourth-order valence-electron chi connectivity index (χ4n) is 4.48. The zero-order chi connectivity index (χ0) is 19.5. The molecule has 1 aromatic heterocycles. The number of rotatable bonds is 5. The van der Waals surface area contributed by atoms with Gasteiger partial charge in [0.2, 0.25) is 11.1 Å². The Bertz CT molecular complexity index is 803. The Balaban J connectivity index is 1.36. The molecule has 2 heterocycles. The average molecular weight is 400 g/mol. The van der Waals surface area contributed by atoms with Gasteiger partial charge in [0.25, 0.3) is 0 Å². The molecule has 4 rings (SSSR count). The molecule has 6 nitrogen and oxygen atoms in total. The van der Waals surface area contributed by atoms with Gasteiger partial charge in [-0.1, -0.05) is 57.0 Å². The summed E-state index contributed by atoms with van der Waals surface area (Å²) in [5, 5.41) is 12.7. The zero-order valence-corrected chi connectivity index (χ0v) is 17.6. The van der Waals surface area contributed by atoms with Crippen LogP contribution in [0.1, 0.15) is 57.4 Å². The van der Waals surface area contributed by atoms with Crippen molar-refractivity contribution in [2.75, 3.05) is 18.8 Å².